The fraction of sp³-hybridized carbons (Fsp3) is 0.933. The van der Waals surface area contributed by atoms with Gasteiger partial charge in [0, 0.05) is 25.4 Å². The topological polar surface area (TPSA) is 20.3 Å². The SMILES string of the molecule is CN(CCCCl)C(=O)C1CCC(C(C)(C)C)CC1. The predicted octanol–water partition coefficient (Wildman–Crippen LogP) is 3.93. The Morgan fingerprint density at radius 3 is 2.22 bits per heavy atom. The summed E-state index contributed by atoms with van der Waals surface area (Å²) >= 11 is 5.67. The van der Waals surface area contributed by atoms with Crippen LogP contribution in [-0.4, -0.2) is 30.3 Å². The van der Waals surface area contributed by atoms with E-state index in [2.05, 4.69) is 20.8 Å². The number of amides is 1. The quantitative estimate of drug-likeness (QED) is 0.711. The van der Waals surface area contributed by atoms with E-state index < -0.39 is 0 Å². The van der Waals surface area contributed by atoms with Crippen LogP contribution in [0.1, 0.15) is 52.9 Å². The second-order valence-electron chi connectivity index (χ2n) is 6.72. The van der Waals surface area contributed by atoms with E-state index in [-0.39, 0.29) is 5.92 Å². The number of alkyl halides is 1. The molecule has 0 N–H and O–H groups in total. The maximum atomic E-state index is 12.2. The van der Waals surface area contributed by atoms with Crippen LogP contribution in [0.4, 0.5) is 0 Å². The van der Waals surface area contributed by atoms with Gasteiger partial charge in [0.15, 0.2) is 0 Å². The molecule has 0 radical (unpaired) electrons. The summed E-state index contributed by atoms with van der Waals surface area (Å²) in [6.07, 6.45) is 5.41. The zero-order valence-electron chi connectivity index (χ0n) is 12.3. The molecule has 0 spiro atoms. The van der Waals surface area contributed by atoms with Crippen LogP contribution in [0.15, 0.2) is 0 Å². The molecule has 0 aromatic rings. The highest BCUT2D eigenvalue weighted by Crippen LogP contribution is 2.40. The zero-order chi connectivity index (χ0) is 13.8. The minimum Gasteiger partial charge on any atom is -0.345 e. The maximum Gasteiger partial charge on any atom is 0.225 e. The largest absolute Gasteiger partial charge is 0.345 e. The molecule has 0 aromatic heterocycles. The van der Waals surface area contributed by atoms with Gasteiger partial charge in [0.1, 0.15) is 0 Å². The van der Waals surface area contributed by atoms with E-state index in [0.717, 1.165) is 31.7 Å². The van der Waals surface area contributed by atoms with Crippen molar-refractivity contribution in [1.29, 1.82) is 0 Å². The molecule has 0 aliphatic heterocycles. The zero-order valence-corrected chi connectivity index (χ0v) is 13.1. The molecule has 0 bridgehead atoms. The molecule has 106 valence electrons. The van der Waals surface area contributed by atoms with Crippen molar-refractivity contribution in [2.24, 2.45) is 17.3 Å². The van der Waals surface area contributed by atoms with Gasteiger partial charge in [0.2, 0.25) is 5.91 Å². The number of halogens is 1. The third-order valence-electron chi connectivity index (χ3n) is 4.30. The molecular formula is C15H28ClNO. The van der Waals surface area contributed by atoms with Crippen LogP contribution >= 0.6 is 11.6 Å². The molecule has 0 aromatic carbocycles. The minimum atomic E-state index is 0.254. The van der Waals surface area contributed by atoms with Gasteiger partial charge in [0.05, 0.1) is 0 Å². The lowest BCUT2D eigenvalue weighted by molar-refractivity contribution is -0.135. The van der Waals surface area contributed by atoms with E-state index in [1.807, 2.05) is 11.9 Å². The van der Waals surface area contributed by atoms with Crippen molar-refractivity contribution in [1.82, 2.24) is 4.90 Å². The summed E-state index contributed by atoms with van der Waals surface area (Å²) in [7, 11) is 1.91. The van der Waals surface area contributed by atoms with Crippen molar-refractivity contribution in [3.05, 3.63) is 0 Å². The van der Waals surface area contributed by atoms with E-state index in [1.54, 1.807) is 0 Å². The van der Waals surface area contributed by atoms with Gasteiger partial charge in [-0.1, -0.05) is 20.8 Å². The van der Waals surface area contributed by atoms with Gasteiger partial charge < -0.3 is 4.90 Å². The Morgan fingerprint density at radius 1 is 1.22 bits per heavy atom. The van der Waals surface area contributed by atoms with Gasteiger partial charge in [-0.05, 0) is 43.4 Å². The smallest absolute Gasteiger partial charge is 0.225 e. The summed E-state index contributed by atoms with van der Waals surface area (Å²) < 4.78 is 0. The van der Waals surface area contributed by atoms with Crippen molar-refractivity contribution in [2.45, 2.75) is 52.9 Å². The number of carbonyl (C=O) groups is 1. The highest BCUT2D eigenvalue weighted by molar-refractivity contribution is 6.17. The van der Waals surface area contributed by atoms with E-state index in [4.69, 9.17) is 11.6 Å². The third kappa shape index (κ3) is 4.46. The molecular weight excluding hydrogens is 246 g/mol. The molecule has 0 heterocycles. The first-order valence-corrected chi connectivity index (χ1v) is 7.70. The molecule has 18 heavy (non-hydrogen) atoms. The fourth-order valence-electron chi connectivity index (χ4n) is 2.93. The molecule has 1 saturated carbocycles. The summed E-state index contributed by atoms with van der Waals surface area (Å²) in [5, 5.41) is 0. The highest BCUT2D eigenvalue weighted by atomic mass is 35.5. The van der Waals surface area contributed by atoms with Crippen LogP contribution in [-0.2, 0) is 4.79 Å². The normalized spacial score (nSPS) is 24.9. The summed E-state index contributed by atoms with van der Waals surface area (Å²) in [6, 6.07) is 0. The van der Waals surface area contributed by atoms with Crippen molar-refractivity contribution in [3.8, 4) is 0 Å². The lowest BCUT2D eigenvalue weighted by Crippen LogP contribution is -2.37. The Bertz CT molecular complexity index is 264. The number of nitrogens with zero attached hydrogens (tertiary/aromatic N) is 1. The Balaban J connectivity index is 2.40. The van der Waals surface area contributed by atoms with Gasteiger partial charge >= 0.3 is 0 Å². The van der Waals surface area contributed by atoms with Crippen LogP contribution in [0.25, 0.3) is 0 Å². The van der Waals surface area contributed by atoms with E-state index in [0.29, 0.717) is 17.2 Å². The molecule has 0 unspecified atom stereocenters. The van der Waals surface area contributed by atoms with E-state index in [9.17, 15) is 4.79 Å². The van der Waals surface area contributed by atoms with Crippen LogP contribution in [0.2, 0.25) is 0 Å². The molecule has 1 rings (SSSR count). The Hall–Kier alpha value is -0.240. The van der Waals surface area contributed by atoms with Crippen molar-refractivity contribution >= 4 is 17.5 Å². The molecule has 0 atom stereocenters. The first-order chi connectivity index (χ1) is 8.36. The molecule has 1 aliphatic rings. The second-order valence-corrected chi connectivity index (χ2v) is 7.09. The van der Waals surface area contributed by atoms with Crippen LogP contribution in [0.5, 0.6) is 0 Å². The summed E-state index contributed by atoms with van der Waals surface area (Å²) in [5.41, 5.74) is 0.387. The maximum absolute atomic E-state index is 12.2. The monoisotopic (exact) mass is 273 g/mol. The summed E-state index contributed by atoms with van der Waals surface area (Å²) in [4.78, 5) is 14.1. The number of carbonyl (C=O) groups excluding carboxylic acids is 1. The lowest BCUT2D eigenvalue weighted by atomic mass is 9.69. The first-order valence-electron chi connectivity index (χ1n) is 7.17. The number of hydrogen-bond donors (Lipinski definition) is 0. The highest BCUT2D eigenvalue weighted by Gasteiger charge is 2.33. The molecule has 0 saturated heterocycles. The second kappa shape index (κ2) is 6.79. The van der Waals surface area contributed by atoms with Crippen molar-refractivity contribution < 1.29 is 4.79 Å². The Kier molecular flexibility index (Phi) is 5.97. The number of rotatable bonds is 4. The standard InChI is InChI=1S/C15H28ClNO/c1-15(2,3)13-8-6-12(7-9-13)14(18)17(4)11-5-10-16/h12-13H,5-11H2,1-4H3. The fourth-order valence-corrected chi connectivity index (χ4v) is 3.04. The van der Waals surface area contributed by atoms with Gasteiger partial charge in [-0.3, -0.25) is 4.79 Å². The van der Waals surface area contributed by atoms with Gasteiger partial charge in [-0.15, -0.1) is 11.6 Å². The van der Waals surface area contributed by atoms with Crippen LogP contribution in [0, 0.1) is 17.3 Å². The predicted molar refractivity (Wildman–Crippen MR) is 77.9 cm³/mol. The average molecular weight is 274 g/mol. The van der Waals surface area contributed by atoms with Crippen molar-refractivity contribution in [3.63, 3.8) is 0 Å². The minimum absolute atomic E-state index is 0.254. The van der Waals surface area contributed by atoms with Gasteiger partial charge in [-0.25, -0.2) is 0 Å². The molecule has 2 nitrogen and oxygen atoms in total. The average Bonchev–Trinajstić information content (AvgIpc) is 2.34. The van der Waals surface area contributed by atoms with E-state index >= 15 is 0 Å². The Morgan fingerprint density at radius 2 is 1.78 bits per heavy atom. The molecule has 3 heteroatoms. The first kappa shape index (κ1) is 15.8. The van der Waals surface area contributed by atoms with Crippen molar-refractivity contribution in [2.75, 3.05) is 19.5 Å². The Labute approximate surface area is 117 Å². The van der Waals surface area contributed by atoms with Crippen LogP contribution in [0.3, 0.4) is 0 Å². The molecule has 1 fully saturated rings. The van der Waals surface area contributed by atoms with Gasteiger partial charge in [0.25, 0.3) is 0 Å². The lowest BCUT2D eigenvalue weighted by Gasteiger charge is -2.37. The van der Waals surface area contributed by atoms with Crippen LogP contribution < -0.4 is 0 Å². The summed E-state index contributed by atoms with van der Waals surface area (Å²) in [6.45, 7) is 7.73. The van der Waals surface area contributed by atoms with E-state index in [1.165, 1.54) is 12.8 Å². The van der Waals surface area contributed by atoms with Gasteiger partial charge in [-0.2, -0.15) is 0 Å². The summed E-state index contributed by atoms with van der Waals surface area (Å²) in [5.74, 6) is 1.99. The number of hydrogen-bond acceptors (Lipinski definition) is 1. The molecule has 1 aliphatic carbocycles. The molecule has 1 amide bonds. The third-order valence-corrected chi connectivity index (χ3v) is 4.57.